The predicted molar refractivity (Wildman–Crippen MR) is 87.9 cm³/mol. The number of aromatic nitrogens is 3. The predicted octanol–water partition coefficient (Wildman–Crippen LogP) is 1.75. The molecule has 0 spiro atoms. The van der Waals surface area contributed by atoms with Gasteiger partial charge in [0.1, 0.15) is 0 Å². The lowest BCUT2D eigenvalue weighted by atomic mass is 10.2. The summed E-state index contributed by atoms with van der Waals surface area (Å²) < 4.78 is 0. The van der Waals surface area contributed by atoms with Crippen LogP contribution in [0.15, 0.2) is 36.9 Å². The quantitative estimate of drug-likeness (QED) is 0.823. The van der Waals surface area contributed by atoms with Gasteiger partial charge in [0.05, 0.1) is 5.56 Å². The van der Waals surface area contributed by atoms with Crippen LogP contribution in [0.5, 0.6) is 0 Å². The highest BCUT2D eigenvalue weighted by molar-refractivity contribution is 5.93. The number of carbonyl (C=O) groups is 1. The fourth-order valence-electron chi connectivity index (χ4n) is 2.71. The third-order valence-electron chi connectivity index (χ3n) is 3.99. The molecule has 0 saturated carbocycles. The van der Waals surface area contributed by atoms with Crippen LogP contribution < -0.4 is 5.32 Å². The third-order valence-corrected chi connectivity index (χ3v) is 3.99. The second kappa shape index (κ2) is 7.78. The number of carbonyl (C=O) groups excluding carboxylic acids is 1. The summed E-state index contributed by atoms with van der Waals surface area (Å²) in [4.78, 5) is 27.0. The van der Waals surface area contributed by atoms with Crippen molar-refractivity contribution in [2.75, 3.05) is 26.2 Å². The number of pyridine rings is 1. The zero-order valence-electron chi connectivity index (χ0n) is 13.1. The molecule has 0 unspecified atom stereocenters. The van der Waals surface area contributed by atoms with Gasteiger partial charge >= 0.3 is 0 Å². The van der Waals surface area contributed by atoms with Crippen LogP contribution in [-0.4, -0.2) is 51.9 Å². The number of amides is 1. The monoisotopic (exact) mass is 311 g/mol. The first-order valence-electron chi connectivity index (χ1n) is 8.06. The maximum atomic E-state index is 12.1. The Hall–Kier alpha value is -2.34. The zero-order valence-corrected chi connectivity index (χ0v) is 13.1. The van der Waals surface area contributed by atoms with Crippen molar-refractivity contribution in [2.24, 2.45) is 0 Å². The van der Waals surface area contributed by atoms with E-state index in [1.54, 1.807) is 24.8 Å². The van der Waals surface area contributed by atoms with Crippen molar-refractivity contribution in [1.29, 1.82) is 0 Å². The average Bonchev–Trinajstić information content (AvgIpc) is 3.13. The van der Waals surface area contributed by atoms with E-state index in [-0.39, 0.29) is 5.91 Å². The topological polar surface area (TPSA) is 71.0 Å². The molecule has 6 heteroatoms. The van der Waals surface area contributed by atoms with Crippen molar-refractivity contribution < 1.29 is 4.79 Å². The van der Waals surface area contributed by atoms with Gasteiger partial charge in [-0.05, 0) is 51.0 Å². The lowest BCUT2D eigenvalue weighted by Gasteiger charge is -2.14. The van der Waals surface area contributed by atoms with Crippen molar-refractivity contribution in [3.63, 3.8) is 0 Å². The molecule has 1 saturated heterocycles. The van der Waals surface area contributed by atoms with Gasteiger partial charge in [0.25, 0.3) is 5.91 Å². The number of nitrogens with zero attached hydrogens (tertiary/aromatic N) is 4. The Morgan fingerprint density at radius 1 is 1.13 bits per heavy atom. The lowest BCUT2D eigenvalue weighted by molar-refractivity contribution is 0.0951. The summed E-state index contributed by atoms with van der Waals surface area (Å²) >= 11 is 0. The minimum absolute atomic E-state index is 0.118. The maximum Gasteiger partial charge on any atom is 0.254 e. The fourth-order valence-corrected chi connectivity index (χ4v) is 2.71. The Balaban J connectivity index is 1.47. The van der Waals surface area contributed by atoms with Crippen molar-refractivity contribution in [2.45, 2.75) is 19.3 Å². The van der Waals surface area contributed by atoms with Gasteiger partial charge in [-0.15, -0.1) is 0 Å². The molecule has 6 nitrogen and oxygen atoms in total. The standard InChI is InChI=1S/C17H21N5O/c23-17(19-6-3-11-22-9-1-2-10-22)15-12-20-16(21-13-15)14-4-7-18-8-5-14/h4-5,7-8,12-13H,1-3,6,9-11H2,(H,19,23). The van der Waals surface area contributed by atoms with Crippen LogP contribution in [0.4, 0.5) is 0 Å². The molecular weight excluding hydrogens is 290 g/mol. The molecule has 1 aliphatic rings. The summed E-state index contributed by atoms with van der Waals surface area (Å²) in [5.74, 6) is 0.477. The van der Waals surface area contributed by atoms with Gasteiger partial charge in [-0.3, -0.25) is 9.78 Å². The minimum Gasteiger partial charge on any atom is -0.352 e. The van der Waals surface area contributed by atoms with Crippen molar-refractivity contribution in [3.05, 3.63) is 42.5 Å². The molecule has 0 aromatic carbocycles. The SMILES string of the molecule is O=C(NCCCN1CCCC1)c1cnc(-c2ccncc2)nc1. The largest absolute Gasteiger partial charge is 0.352 e. The van der Waals surface area contributed by atoms with Crippen molar-refractivity contribution in [3.8, 4) is 11.4 Å². The molecule has 1 N–H and O–H groups in total. The number of rotatable bonds is 6. The first-order chi connectivity index (χ1) is 11.3. The van der Waals surface area contributed by atoms with Gasteiger partial charge in [0.2, 0.25) is 0 Å². The van der Waals surface area contributed by atoms with Crippen LogP contribution in [0.3, 0.4) is 0 Å². The molecule has 0 aliphatic carbocycles. The molecule has 0 bridgehead atoms. The van der Waals surface area contributed by atoms with Gasteiger partial charge in [-0.1, -0.05) is 0 Å². The Kier molecular flexibility index (Phi) is 5.26. The van der Waals surface area contributed by atoms with E-state index in [0.29, 0.717) is 17.9 Å². The number of likely N-dealkylation sites (tertiary alicyclic amines) is 1. The molecule has 3 rings (SSSR count). The number of hydrogen-bond donors (Lipinski definition) is 1. The van der Waals surface area contributed by atoms with E-state index in [2.05, 4.69) is 25.2 Å². The Morgan fingerprint density at radius 2 is 1.83 bits per heavy atom. The van der Waals surface area contributed by atoms with Crippen molar-refractivity contribution in [1.82, 2.24) is 25.2 Å². The molecule has 23 heavy (non-hydrogen) atoms. The van der Waals surface area contributed by atoms with Crippen LogP contribution >= 0.6 is 0 Å². The molecule has 0 radical (unpaired) electrons. The van der Waals surface area contributed by atoms with E-state index in [4.69, 9.17) is 0 Å². The summed E-state index contributed by atoms with van der Waals surface area (Å²) in [6.45, 7) is 4.12. The third kappa shape index (κ3) is 4.32. The van der Waals surface area contributed by atoms with Crippen LogP contribution in [-0.2, 0) is 0 Å². The molecule has 2 aromatic heterocycles. The molecule has 1 fully saturated rings. The average molecular weight is 311 g/mol. The molecule has 1 aliphatic heterocycles. The first kappa shape index (κ1) is 15.6. The minimum atomic E-state index is -0.118. The fraction of sp³-hybridized carbons (Fsp3) is 0.412. The molecule has 3 heterocycles. The van der Waals surface area contributed by atoms with Gasteiger partial charge in [0.15, 0.2) is 5.82 Å². The Morgan fingerprint density at radius 3 is 2.52 bits per heavy atom. The van der Waals surface area contributed by atoms with E-state index < -0.39 is 0 Å². The second-order valence-corrected chi connectivity index (χ2v) is 5.69. The van der Waals surface area contributed by atoms with Crippen LogP contribution in [0.1, 0.15) is 29.6 Å². The first-order valence-corrected chi connectivity index (χ1v) is 8.06. The molecule has 1 amide bonds. The number of hydrogen-bond acceptors (Lipinski definition) is 5. The molecular formula is C17H21N5O. The molecule has 2 aromatic rings. The summed E-state index contributed by atoms with van der Waals surface area (Å²) in [5.41, 5.74) is 1.38. The zero-order chi connectivity index (χ0) is 15.9. The van der Waals surface area contributed by atoms with Gasteiger partial charge < -0.3 is 10.2 Å². The van der Waals surface area contributed by atoms with E-state index in [9.17, 15) is 4.79 Å². The van der Waals surface area contributed by atoms with Crippen LogP contribution in [0.2, 0.25) is 0 Å². The van der Waals surface area contributed by atoms with E-state index in [1.807, 2.05) is 12.1 Å². The molecule has 0 atom stereocenters. The van der Waals surface area contributed by atoms with Crippen LogP contribution in [0, 0.1) is 0 Å². The maximum absolute atomic E-state index is 12.1. The summed E-state index contributed by atoms with van der Waals surface area (Å²) in [6.07, 6.45) is 10.1. The van der Waals surface area contributed by atoms with E-state index in [0.717, 1.165) is 18.5 Å². The van der Waals surface area contributed by atoms with Crippen molar-refractivity contribution >= 4 is 5.91 Å². The van der Waals surface area contributed by atoms with Gasteiger partial charge in [-0.25, -0.2) is 9.97 Å². The van der Waals surface area contributed by atoms with Gasteiger partial charge in [-0.2, -0.15) is 0 Å². The Labute approximate surface area is 136 Å². The Bertz CT molecular complexity index is 623. The highest BCUT2D eigenvalue weighted by Crippen LogP contribution is 2.12. The molecule has 120 valence electrons. The second-order valence-electron chi connectivity index (χ2n) is 5.69. The lowest BCUT2D eigenvalue weighted by Crippen LogP contribution is -2.28. The summed E-state index contributed by atoms with van der Waals surface area (Å²) in [5, 5.41) is 2.93. The number of nitrogens with one attached hydrogen (secondary N) is 1. The smallest absolute Gasteiger partial charge is 0.254 e. The highest BCUT2D eigenvalue weighted by atomic mass is 16.1. The normalized spacial score (nSPS) is 14.8. The summed E-state index contributed by atoms with van der Waals surface area (Å²) in [7, 11) is 0. The highest BCUT2D eigenvalue weighted by Gasteiger charge is 2.11. The van der Waals surface area contributed by atoms with Gasteiger partial charge in [0, 0.05) is 36.9 Å². The van der Waals surface area contributed by atoms with E-state index >= 15 is 0 Å². The summed E-state index contributed by atoms with van der Waals surface area (Å²) in [6, 6.07) is 3.68. The van der Waals surface area contributed by atoms with E-state index in [1.165, 1.54) is 25.9 Å². The van der Waals surface area contributed by atoms with Crippen LogP contribution in [0.25, 0.3) is 11.4 Å².